The van der Waals surface area contributed by atoms with Crippen LogP contribution in [-0.4, -0.2) is 61.4 Å². The number of hydrogen-bond donors (Lipinski definition) is 1. The summed E-state index contributed by atoms with van der Waals surface area (Å²) in [5.74, 6) is -1.33. The molecule has 0 aromatic carbocycles. The minimum absolute atomic E-state index is 0.107. The summed E-state index contributed by atoms with van der Waals surface area (Å²) in [6.07, 6.45) is 0.705. The Hall–Kier alpha value is -1.14. The molecule has 0 aromatic heterocycles. The number of amides is 1. The molecule has 0 aliphatic carbocycles. The van der Waals surface area contributed by atoms with Crippen molar-refractivity contribution in [2.45, 2.75) is 26.3 Å². The molecule has 1 amide bonds. The van der Waals surface area contributed by atoms with Gasteiger partial charge >= 0.3 is 5.97 Å². The molecule has 0 heterocycles. The van der Waals surface area contributed by atoms with Crippen molar-refractivity contribution >= 4 is 11.9 Å². The van der Waals surface area contributed by atoms with Crippen LogP contribution in [0.15, 0.2) is 0 Å². The minimum atomic E-state index is -1.02. The normalized spacial score (nSPS) is 12.2. The van der Waals surface area contributed by atoms with Crippen LogP contribution in [0, 0.1) is 0 Å². The molecule has 1 atom stereocenters. The maximum absolute atomic E-state index is 11.7. The SMILES string of the molecule is CCC(C)N(CC(=O)O)C(=O)COCCOC. The average Bonchev–Trinajstić information content (AvgIpc) is 2.30. The Labute approximate surface area is 101 Å². The summed E-state index contributed by atoms with van der Waals surface area (Å²) >= 11 is 0. The molecule has 0 aliphatic rings. The number of carboxylic acid groups (broad SMARTS) is 1. The van der Waals surface area contributed by atoms with E-state index in [1.807, 2.05) is 13.8 Å². The Kier molecular flexibility index (Phi) is 8.35. The second-order valence-corrected chi connectivity index (χ2v) is 3.72. The lowest BCUT2D eigenvalue weighted by molar-refractivity contribution is -0.148. The number of carboxylic acids is 1. The van der Waals surface area contributed by atoms with E-state index in [0.29, 0.717) is 19.6 Å². The maximum atomic E-state index is 11.7. The van der Waals surface area contributed by atoms with Gasteiger partial charge in [0.2, 0.25) is 5.91 Å². The zero-order valence-electron chi connectivity index (χ0n) is 10.6. The highest BCUT2D eigenvalue weighted by molar-refractivity contribution is 5.82. The molecule has 0 radical (unpaired) electrons. The first-order valence-corrected chi connectivity index (χ1v) is 5.60. The van der Waals surface area contributed by atoms with Crippen LogP contribution in [-0.2, 0) is 19.1 Å². The lowest BCUT2D eigenvalue weighted by atomic mass is 10.2. The lowest BCUT2D eigenvalue weighted by Crippen LogP contribution is -2.43. The molecule has 0 rings (SSSR count). The van der Waals surface area contributed by atoms with Gasteiger partial charge < -0.3 is 19.5 Å². The van der Waals surface area contributed by atoms with Crippen molar-refractivity contribution in [3.8, 4) is 0 Å². The van der Waals surface area contributed by atoms with Gasteiger partial charge in [0, 0.05) is 13.2 Å². The summed E-state index contributed by atoms with van der Waals surface area (Å²) in [7, 11) is 1.54. The van der Waals surface area contributed by atoms with Crippen molar-refractivity contribution in [3.05, 3.63) is 0 Å². The summed E-state index contributed by atoms with van der Waals surface area (Å²) in [5, 5.41) is 8.73. The van der Waals surface area contributed by atoms with Crippen molar-refractivity contribution in [3.63, 3.8) is 0 Å². The summed E-state index contributed by atoms with van der Waals surface area (Å²) in [6.45, 7) is 4.05. The van der Waals surface area contributed by atoms with Crippen LogP contribution in [0.3, 0.4) is 0 Å². The van der Waals surface area contributed by atoms with Crippen LogP contribution in [0.1, 0.15) is 20.3 Å². The number of nitrogens with zero attached hydrogens (tertiary/aromatic N) is 1. The Morgan fingerprint density at radius 1 is 1.35 bits per heavy atom. The highest BCUT2D eigenvalue weighted by Crippen LogP contribution is 2.04. The monoisotopic (exact) mass is 247 g/mol. The van der Waals surface area contributed by atoms with Crippen LogP contribution < -0.4 is 0 Å². The van der Waals surface area contributed by atoms with E-state index in [0.717, 1.165) is 0 Å². The molecule has 17 heavy (non-hydrogen) atoms. The number of carbonyl (C=O) groups is 2. The topological polar surface area (TPSA) is 76.1 Å². The van der Waals surface area contributed by atoms with Crippen LogP contribution >= 0.6 is 0 Å². The number of ether oxygens (including phenoxy) is 2. The third kappa shape index (κ3) is 6.91. The summed E-state index contributed by atoms with van der Waals surface area (Å²) in [6, 6.07) is -0.107. The molecule has 0 saturated heterocycles. The van der Waals surface area contributed by atoms with Gasteiger partial charge in [-0.15, -0.1) is 0 Å². The molecule has 0 aliphatic heterocycles. The van der Waals surface area contributed by atoms with Gasteiger partial charge in [0.1, 0.15) is 13.2 Å². The standard InChI is InChI=1S/C11H21NO5/c1-4-9(2)12(7-11(14)15)10(13)8-17-6-5-16-3/h9H,4-8H2,1-3H3,(H,14,15). The third-order valence-corrected chi connectivity index (χ3v) is 2.41. The number of carbonyl (C=O) groups excluding carboxylic acids is 1. The highest BCUT2D eigenvalue weighted by Gasteiger charge is 2.21. The molecule has 6 heteroatoms. The molecule has 0 aromatic rings. The smallest absolute Gasteiger partial charge is 0.323 e. The van der Waals surface area contributed by atoms with Crippen LogP contribution in [0.4, 0.5) is 0 Å². The van der Waals surface area contributed by atoms with Crippen LogP contribution in [0.5, 0.6) is 0 Å². The summed E-state index contributed by atoms with van der Waals surface area (Å²) < 4.78 is 9.86. The Balaban J connectivity index is 4.18. The third-order valence-electron chi connectivity index (χ3n) is 2.41. The molecule has 1 N–H and O–H groups in total. The number of rotatable bonds is 9. The van der Waals surface area contributed by atoms with Crippen LogP contribution in [0.25, 0.3) is 0 Å². The van der Waals surface area contributed by atoms with Crippen molar-refractivity contribution in [1.82, 2.24) is 4.90 Å². The number of aliphatic carboxylic acids is 1. The van der Waals surface area contributed by atoms with Gasteiger partial charge in [0.15, 0.2) is 0 Å². The first kappa shape index (κ1) is 15.9. The fourth-order valence-electron chi connectivity index (χ4n) is 1.24. The second kappa shape index (κ2) is 8.95. The van der Waals surface area contributed by atoms with Gasteiger partial charge in [-0.25, -0.2) is 0 Å². The quantitative estimate of drug-likeness (QED) is 0.595. The first-order chi connectivity index (χ1) is 8.02. The molecular weight excluding hydrogens is 226 g/mol. The first-order valence-electron chi connectivity index (χ1n) is 5.60. The van der Waals surface area contributed by atoms with Crippen molar-refractivity contribution < 1.29 is 24.2 Å². The van der Waals surface area contributed by atoms with Gasteiger partial charge in [-0.3, -0.25) is 9.59 Å². The predicted octanol–water partition coefficient (Wildman–Crippen LogP) is 0.361. The Morgan fingerprint density at radius 3 is 2.47 bits per heavy atom. The summed E-state index contributed by atoms with van der Waals surface area (Å²) in [4.78, 5) is 23.7. The predicted molar refractivity (Wildman–Crippen MR) is 61.8 cm³/mol. The van der Waals surface area contributed by atoms with Crippen molar-refractivity contribution in [2.75, 3.05) is 33.5 Å². The van der Waals surface area contributed by atoms with Gasteiger partial charge in [-0.05, 0) is 13.3 Å². The van der Waals surface area contributed by atoms with E-state index >= 15 is 0 Å². The maximum Gasteiger partial charge on any atom is 0.323 e. The molecule has 0 spiro atoms. The van der Waals surface area contributed by atoms with Gasteiger partial charge in [0.25, 0.3) is 0 Å². The Bertz CT molecular complexity index is 244. The number of methoxy groups -OCH3 is 1. The molecule has 6 nitrogen and oxygen atoms in total. The van der Waals surface area contributed by atoms with E-state index < -0.39 is 5.97 Å². The fourth-order valence-corrected chi connectivity index (χ4v) is 1.24. The van der Waals surface area contributed by atoms with Crippen LogP contribution in [0.2, 0.25) is 0 Å². The molecule has 1 unspecified atom stereocenters. The van der Waals surface area contributed by atoms with Gasteiger partial charge in [-0.1, -0.05) is 6.92 Å². The minimum Gasteiger partial charge on any atom is -0.480 e. The van der Waals surface area contributed by atoms with E-state index in [-0.39, 0.29) is 25.1 Å². The number of hydrogen-bond acceptors (Lipinski definition) is 4. The Morgan fingerprint density at radius 2 is 2.00 bits per heavy atom. The van der Waals surface area contributed by atoms with Gasteiger partial charge in [-0.2, -0.15) is 0 Å². The largest absolute Gasteiger partial charge is 0.480 e. The average molecular weight is 247 g/mol. The molecule has 100 valence electrons. The van der Waals surface area contributed by atoms with E-state index in [2.05, 4.69) is 0 Å². The molecular formula is C11H21NO5. The lowest BCUT2D eigenvalue weighted by Gasteiger charge is -2.26. The van der Waals surface area contributed by atoms with Gasteiger partial charge in [0.05, 0.1) is 13.2 Å². The molecule has 0 saturated carbocycles. The summed E-state index contributed by atoms with van der Waals surface area (Å²) in [5.41, 5.74) is 0. The van der Waals surface area contributed by atoms with E-state index in [1.165, 1.54) is 4.90 Å². The fraction of sp³-hybridized carbons (Fsp3) is 0.818. The second-order valence-electron chi connectivity index (χ2n) is 3.72. The molecule has 0 fully saturated rings. The van der Waals surface area contributed by atoms with E-state index in [9.17, 15) is 9.59 Å². The van der Waals surface area contributed by atoms with E-state index in [4.69, 9.17) is 14.6 Å². The van der Waals surface area contributed by atoms with E-state index in [1.54, 1.807) is 7.11 Å². The van der Waals surface area contributed by atoms with Crippen molar-refractivity contribution in [2.24, 2.45) is 0 Å². The zero-order chi connectivity index (χ0) is 13.3. The molecule has 0 bridgehead atoms. The highest BCUT2D eigenvalue weighted by atomic mass is 16.5. The van der Waals surface area contributed by atoms with Crippen molar-refractivity contribution in [1.29, 1.82) is 0 Å². The zero-order valence-corrected chi connectivity index (χ0v) is 10.6.